The maximum Gasteiger partial charge on any atom is 0.330 e. The summed E-state index contributed by atoms with van der Waals surface area (Å²) in [4.78, 5) is 22.3. The lowest BCUT2D eigenvalue weighted by Crippen LogP contribution is -2.33. The standard InChI is InChI=1S/C14H22O6/c1-13(2,3)20-12(17)6-4-5-7-14(10-11(15)16)18-8-9-19-14/h4,6H,5,7-10H2,1-3H3,(H,15,16)/b6-4+. The summed E-state index contributed by atoms with van der Waals surface area (Å²) in [5, 5.41) is 8.86. The summed E-state index contributed by atoms with van der Waals surface area (Å²) >= 11 is 0. The second-order valence-corrected chi connectivity index (χ2v) is 5.65. The zero-order valence-corrected chi connectivity index (χ0v) is 12.2. The molecule has 1 aliphatic rings. The van der Waals surface area contributed by atoms with E-state index in [1.54, 1.807) is 26.8 Å². The number of aliphatic carboxylic acids is 1. The van der Waals surface area contributed by atoms with E-state index < -0.39 is 23.3 Å². The molecule has 20 heavy (non-hydrogen) atoms. The molecule has 1 saturated heterocycles. The van der Waals surface area contributed by atoms with Crippen LogP contribution in [-0.4, -0.2) is 41.6 Å². The highest BCUT2D eigenvalue weighted by molar-refractivity contribution is 5.82. The van der Waals surface area contributed by atoms with Gasteiger partial charge in [0.25, 0.3) is 0 Å². The largest absolute Gasteiger partial charge is 0.481 e. The Balaban J connectivity index is 2.41. The molecule has 1 fully saturated rings. The van der Waals surface area contributed by atoms with E-state index >= 15 is 0 Å². The average Bonchev–Trinajstić information content (AvgIpc) is 2.70. The number of carbonyl (C=O) groups is 2. The molecule has 0 saturated carbocycles. The predicted octanol–water partition coefficient (Wildman–Crippen LogP) is 1.88. The van der Waals surface area contributed by atoms with Crippen molar-refractivity contribution < 1.29 is 28.9 Å². The van der Waals surface area contributed by atoms with Crippen LogP contribution in [-0.2, 0) is 23.8 Å². The quantitative estimate of drug-likeness (QED) is 0.593. The molecule has 1 N–H and O–H groups in total. The second-order valence-electron chi connectivity index (χ2n) is 5.65. The summed E-state index contributed by atoms with van der Waals surface area (Å²) in [5.41, 5.74) is -0.524. The lowest BCUT2D eigenvalue weighted by molar-refractivity contribution is -0.181. The SMILES string of the molecule is CC(C)(C)OC(=O)/C=C/CCC1(CC(=O)O)OCCO1. The van der Waals surface area contributed by atoms with Crippen molar-refractivity contribution in [3.8, 4) is 0 Å². The number of hydrogen-bond donors (Lipinski definition) is 1. The molecular formula is C14H22O6. The summed E-state index contributed by atoms with van der Waals surface area (Å²) in [7, 11) is 0. The monoisotopic (exact) mass is 286 g/mol. The fourth-order valence-electron chi connectivity index (χ4n) is 1.88. The van der Waals surface area contributed by atoms with Crippen LogP contribution in [0.15, 0.2) is 12.2 Å². The second kappa shape index (κ2) is 6.85. The van der Waals surface area contributed by atoms with Crippen molar-refractivity contribution in [2.45, 2.75) is 51.4 Å². The Morgan fingerprint density at radius 2 is 1.90 bits per heavy atom. The molecule has 6 heteroatoms. The summed E-state index contributed by atoms with van der Waals surface area (Å²) in [6, 6.07) is 0. The third-order valence-corrected chi connectivity index (χ3v) is 2.59. The van der Waals surface area contributed by atoms with Gasteiger partial charge in [-0.3, -0.25) is 4.79 Å². The van der Waals surface area contributed by atoms with Gasteiger partial charge in [0.1, 0.15) is 5.60 Å². The molecule has 0 aromatic carbocycles. The molecule has 0 atom stereocenters. The lowest BCUT2D eigenvalue weighted by Gasteiger charge is -2.24. The molecule has 114 valence electrons. The highest BCUT2D eigenvalue weighted by atomic mass is 16.7. The Hall–Kier alpha value is -1.40. The van der Waals surface area contributed by atoms with Gasteiger partial charge in [-0.25, -0.2) is 4.79 Å². The predicted molar refractivity (Wildman–Crippen MR) is 71.1 cm³/mol. The minimum absolute atomic E-state index is 0.201. The molecule has 0 bridgehead atoms. The van der Waals surface area contributed by atoms with E-state index in [9.17, 15) is 9.59 Å². The smallest absolute Gasteiger partial charge is 0.330 e. The normalized spacial score (nSPS) is 18.4. The van der Waals surface area contributed by atoms with E-state index in [0.717, 1.165) is 0 Å². The Labute approximate surface area is 118 Å². The molecular weight excluding hydrogens is 264 g/mol. The van der Waals surface area contributed by atoms with Gasteiger partial charge in [-0.05, 0) is 27.2 Å². The Kier molecular flexibility index (Phi) is 5.71. The zero-order chi connectivity index (χ0) is 15.2. The van der Waals surface area contributed by atoms with Gasteiger partial charge in [0.05, 0.1) is 19.6 Å². The summed E-state index contributed by atoms with van der Waals surface area (Å²) < 4.78 is 15.9. The number of carboxylic acid groups (broad SMARTS) is 1. The van der Waals surface area contributed by atoms with Crippen molar-refractivity contribution in [3.63, 3.8) is 0 Å². The first-order chi connectivity index (χ1) is 9.22. The van der Waals surface area contributed by atoms with Gasteiger partial charge in [0.2, 0.25) is 0 Å². The first kappa shape index (κ1) is 16.7. The zero-order valence-electron chi connectivity index (χ0n) is 12.2. The third-order valence-electron chi connectivity index (χ3n) is 2.59. The maximum atomic E-state index is 11.4. The molecule has 0 radical (unpaired) electrons. The Bertz CT molecular complexity index is 374. The maximum absolute atomic E-state index is 11.4. The van der Waals surface area contributed by atoms with Crippen LogP contribution in [0.1, 0.15) is 40.0 Å². The first-order valence-corrected chi connectivity index (χ1v) is 6.62. The van der Waals surface area contributed by atoms with Crippen molar-refractivity contribution in [2.24, 2.45) is 0 Å². The minimum atomic E-state index is -1.07. The van der Waals surface area contributed by atoms with Crippen molar-refractivity contribution in [1.29, 1.82) is 0 Å². The number of hydrogen-bond acceptors (Lipinski definition) is 5. The van der Waals surface area contributed by atoms with Gasteiger partial charge in [-0.1, -0.05) is 6.08 Å². The molecule has 0 spiro atoms. The van der Waals surface area contributed by atoms with Crippen LogP contribution < -0.4 is 0 Å². The van der Waals surface area contributed by atoms with E-state index in [2.05, 4.69) is 0 Å². The van der Waals surface area contributed by atoms with Gasteiger partial charge >= 0.3 is 11.9 Å². The Morgan fingerprint density at radius 3 is 2.40 bits per heavy atom. The molecule has 0 aromatic heterocycles. The van der Waals surface area contributed by atoms with Crippen LogP contribution >= 0.6 is 0 Å². The molecule has 0 amide bonds. The molecule has 1 aliphatic heterocycles. The molecule has 6 nitrogen and oxygen atoms in total. The number of ether oxygens (including phenoxy) is 3. The van der Waals surface area contributed by atoms with E-state index in [1.807, 2.05) is 0 Å². The number of carboxylic acids is 1. The summed E-state index contributed by atoms with van der Waals surface area (Å²) in [5.74, 6) is -2.45. The molecule has 1 rings (SSSR count). The average molecular weight is 286 g/mol. The first-order valence-electron chi connectivity index (χ1n) is 6.62. The van der Waals surface area contributed by atoms with Crippen LogP contribution in [0.2, 0.25) is 0 Å². The topological polar surface area (TPSA) is 82.1 Å². The van der Waals surface area contributed by atoms with Crippen molar-refractivity contribution in [2.75, 3.05) is 13.2 Å². The van der Waals surface area contributed by atoms with E-state index in [4.69, 9.17) is 19.3 Å². The van der Waals surface area contributed by atoms with Gasteiger partial charge in [-0.15, -0.1) is 0 Å². The fraction of sp³-hybridized carbons (Fsp3) is 0.714. The highest BCUT2D eigenvalue weighted by Crippen LogP contribution is 2.28. The number of rotatable bonds is 6. The molecule has 1 heterocycles. The van der Waals surface area contributed by atoms with Gasteiger partial charge in [-0.2, -0.15) is 0 Å². The minimum Gasteiger partial charge on any atom is -0.481 e. The lowest BCUT2D eigenvalue weighted by atomic mass is 10.1. The number of allylic oxidation sites excluding steroid dienone is 1. The van der Waals surface area contributed by atoms with Crippen LogP contribution in [0.25, 0.3) is 0 Å². The van der Waals surface area contributed by atoms with Gasteiger partial charge in [0.15, 0.2) is 5.79 Å². The summed E-state index contributed by atoms with van der Waals surface area (Å²) in [6.07, 6.45) is 3.65. The summed E-state index contributed by atoms with van der Waals surface area (Å²) in [6.45, 7) is 6.16. The van der Waals surface area contributed by atoms with Crippen LogP contribution in [0.4, 0.5) is 0 Å². The van der Waals surface area contributed by atoms with Gasteiger partial charge in [0, 0.05) is 12.5 Å². The van der Waals surface area contributed by atoms with E-state index in [1.165, 1.54) is 6.08 Å². The van der Waals surface area contributed by atoms with Crippen LogP contribution in [0, 0.1) is 0 Å². The van der Waals surface area contributed by atoms with Crippen molar-refractivity contribution >= 4 is 11.9 Å². The molecule has 0 aliphatic carbocycles. The van der Waals surface area contributed by atoms with Crippen molar-refractivity contribution in [3.05, 3.63) is 12.2 Å². The third kappa shape index (κ3) is 6.16. The molecule has 0 unspecified atom stereocenters. The number of carbonyl (C=O) groups excluding carboxylic acids is 1. The number of esters is 1. The van der Waals surface area contributed by atoms with Crippen LogP contribution in [0.5, 0.6) is 0 Å². The highest BCUT2D eigenvalue weighted by Gasteiger charge is 2.38. The van der Waals surface area contributed by atoms with E-state index in [-0.39, 0.29) is 6.42 Å². The van der Waals surface area contributed by atoms with Crippen LogP contribution in [0.3, 0.4) is 0 Å². The Morgan fingerprint density at radius 1 is 1.30 bits per heavy atom. The van der Waals surface area contributed by atoms with E-state index in [0.29, 0.717) is 26.1 Å². The van der Waals surface area contributed by atoms with Gasteiger partial charge < -0.3 is 19.3 Å². The fourth-order valence-corrected chi connectivity index (χ4v) is 1.88. The molecule has 0 aromatic rings. The van der Waals surface area contributed by atoms with Crippen molar-refractivity contribution in [1.82, 2.24) is 0 Å².